The summed E-state index contributed by atoms with van der Waals surface area (Å²) in [6, 6.07) is 13.7. The first-order chi connectivity index (χ1) is 11.0. The maximum Gasteiger partial charge on any atom is 0.256 e. The first-order valence-corrected chi connectivity index (χ1v) is 7.71. The van der Waals surface area contributed by atoms with E-state index in [9.17, 15) is 4.79 Å². The van der Waals surface area contributed by atoms with Gasteiger partial charge in [0.1, 0.15) is 0 Å². The van der Waals surface area contributed by atoms with Gasteiger partial charge in [0.25, 0.3) is 5.91 Å². The van der Waals surface area contributed by atoms with Gasteiger partial charge < -0.3 is 5.32 Å². The van der Waals surface area contributed by atoms with Crippen LogP contribution in [0.15, 0.2) is 42.5 Å². The van der Waals surface area contributed by atoms with E-state index < -0.39 is 0 Å². The summed E-state index contributed by atoms with van der Waals surface area (Å²) in [5.74, 6) is -0.0956. The molecule has 0 aliphatic rings. The van der Waals surface area contributed by atoms with Gasteiger partial charge in [0.05, 0.1) is 11.1 Å². The number of carbonyl (C=O) groups excluding carboxylic acids is 1. The maximum atomic E-state index is 12.8. The third-order valence-electron chi connectivity index (χ3n) is 4.00. The standard InChI is InChI=1S/C20H20N2O/c1-12-9-13(2)19(14(3)10-12)22-20(23)17-11-15(4)21-18-8-6-5-7-16(17)18/h5-11H,1-4H3,(H,22,23). The summed E-state index contributed by atoms with van der Waals surface area (Å²) in [6.45, 7) is 8.01. The van der Waals surface area contributed by atoms with Crippen molar-refractivity contribution in [2.24, 2.45) is 0 Å². The number of anilines is 1. The normalized spacial score (nSPS) is 10.8. The molecule has 23 heavy (non-hydrogen) atoms. The quantitative estimate of drug-likeness (QED) is 0.744. The number of benzene rings is 2. The molecule has 1 heterocycles. The van der Waals surface area contributed by atoms with Crippen LogP contribution in [0.1, 0.15) is 32.7 Å². The lowest BCUT2D eigenvalue weighted by molar-refractivity contribution is 0.102. The van der Waals surface area contributed by atoms with Crippen LogP contribution in [0.25, 0.3) is 10.9 Å². The van der Waals surface area contributed by atoms with Crippen LogP contribution < -0.4 is 5.32 Å². The Morgan fingerprint density at radius 2 is 1.61 bits per heavy atom. The van der Waals surface area contributed by atoms with E-state index in [2.05, 4.69) is 29.4 Å². The lowest BCUT2D eigenvalue weighted by atomic mass is 10.0. The van der Waals surface area contributed by atoms with Crippen LogP contribution in [0.3, 0.4) is 0 Å². The van der Waals surface area contributed by atoms with Gasteiger partial charge in [0.15, 0.2) is 0 Å². The van der Waals surface area contributed by atoms with Crippen molar-refractivity contribution in [3.05, 3.63) is 70.4 Å². The summed E-state index contributed by atoms with van der Waals surface area (Å²) in [4.78, 5) is 17.3. The maximum absolute atomic E-state index is 12.8. The molecule has 0 aliphatic heterocycles. The molecule has 3 heteroatoms. The van der Waals surface area contributed by atoms with Crippen LogP contribution in [-0.4, -0.2) is 10.9 Å². The minimum absolute atomic E-state index is 0.0956. The number of nitrogens with one attached hydrogen (secondary N) is 1. The molecule has 0 radical (unpaired) electrons. The van der Waals surface area contributed by atoms with Gasteiger partial charge in [-0.05, 0) is 51.0 Å². The number of para-hydroxylation sites is 1. The van der Waals surface area contributed by atoms with Crippen molar-refractivity contribution in [2.45, 2.75) is 27.7 Å². The number of carbonyl (C=O) groups is 1. The van der Waals surface area contributed by atoms with Gasteiger partial charge >= 0.3 is 0 Å². The van der Waals surface area contributed by atoms with Gasteiger partial charge in [0.2, 0.25) is 0 Å². The Kier molecular flexibility index (Phi) is 3.87. The highest BCUT2D eigenvalue weighted by Gasteiger charge is 2.14. The molecule has 0 fully saturated rings. The lowest BCUT2D eigenvalue weighted by Gasteiger charge is -2.14. The topological polar surface area (TPSA) is 42.0 Å². The van der Waals surface area contributed by atoms with Gasteiger partial charge in [-0.1, -0.05) is 35.9 Å². The minimum atomic E-state index is -0.0956. The van der Waals surface area contributed by atoms with Crippen molar-refractivity contribution in [3.8, 4) is 0 Å². The van der Waals surface area contributed by atoms with Crippen LogP contribution in [-0.2, 0) is 0 Å². The summed E-state index contributed by atoms with van der Waals surface area (Å²) in [5, 5.41) is 3.95. The highest BCUT2D eigenvalue weighted by Crippen LogP contribution is 2.24. The molecule has 1 N–H and O–H groups in total. The van der Waals surface area contributed by atoms with Crippen molar-refractivity contribution < 1.29 is 4.79 Å². The molecule has 0 saturated carbocycles. The van der Waals surface area contributed by atoms with Crippen molar-refractivity contribution in [1.82, 2.24) is 4.98 Å². The molecular formula is C20H20N2O. The molecular weight excluding hydrogens is 284 g/mol. The molecule has 0 aliphatic carbocycles. The van der Waals surface area contributed by atoms with E-state index in [-0.39, 0.29) is 5.91 Å². The van der Waals surface area contributed by atoms with E-state index in [1.807, 2.05) is 51.1 Å². The summed E-state index contributed by atoms with van der Waals surface area (Å²) < 4.78 is 0. The Bertz CT molecular complexity index is 890. The average Bonchev–Trinajstić information content (AvgIpc) is 2.49. The number of hydrogen-bond donors (Lipinski definition) is 1. The number of aromatic nitrogens is 1. The van der Waals surface area contributed by atoms with Gasteiger partial charge in [-0.2, -0.15) is 0 Å². The van der Waals surface area contributed by atoms with E-state index >= 15 is 0 Å². The number of aryl methyl sites for hydroxylation is 4. The molecule has 0 saturated heterocycles. The molecule has 3 aromatic rings. The summed E-state index contributed by atoms with van der Waals surface area (Å²) in [6.07, 6.45) is 0. The highest BCUT2D eigenvalue weighted by molar-refractivity contribution is 6.12. The molecule has 0 spiro atoms. The van der Waals surface area contributed by atoms with Crippen molar-refractivity contribution >= 4 is 22.5 Å². The Labute approximate surface area is 136 Å². The molecule has 3 rings (SSSR count). The summed E-state index contributed by atoms with van der Waals surface area (Å²) in [5.41, 5.74) is 6.58. The van der Waals surface area contributed by atoms with Crippen LogP contribution in [0, 0.1) is 27.7 Å². The zero-order chi connectivity index (χ0) is 16.6. The largest absolute Gasteiger partial charge is 0.321 e. The fourth-order valence-corrected chi connectivity index (χ4v) is 3.05. The number of rotatable bonds is 2. The second kappa shape index (κ2) is 5.84. The molecule has 2 aromatic carbocycles. The van der Waals surface area contributed by atoms with Crippen molar-refractivity contribution in [1.29, 1.82) is 0 Å². The summed E-state index contributed by atoms with van der Waals surface area (Å²) >= 11 is 0. The first kappa shape index (κ1) is 15.2. The van der Waals surface area contributed by atoms with Gasteiger partial charge in [-0.3, -0.25) is 9.78 Å². The van der Waals surface area contributed by atoms with E-state index in [0.717, 1.165) is 33.4 Å². The third-order valence-corrected chi connectivity index (χ3v) is 4.00. The molecule has 116 valence electrons. The molecule has 1 aromatic heterocycles. The average molecular weight is 304 g/mol. The fraction of sp³-hybridized carbons (Fsp3) is 0.200. The Morgan fingerprint density at radius 3 is 2.30 bits per heavy atom. The third kappa shape index (κ3) is 2.95. The predicted octanol–water partition coefficient (Wildman–Crippen LogP) is 4.72. The molecule has 3 nitrogen and oxygen atoms in total. The predicted molar refractivity (Wildman–Crippen MR) is 95.1 cm³/mol. The van der Waals surface area contributed by atoms with Gasteiger partial charge in [0, 0.05) is 16.8 Å². The highest BCUT2D eigenvalue weighted by atomic mass is 16.1. The molecule has 1 amide bonds. The van der Waals surface area contributed by atoms with Gasteiger partial charge in [-0.15, -0.1) is 0 Å². The van der Waals surface area contributed by atoms with Crippen LogP contribution in [0.2, 0.25) is 0 Å². The minimum Gasteiger partial charge on any atom is -0.321 e. The van der Waals surface area contributed by atoms with Crippen LogP contribution >= 0.6 is 0 Å². The Hall–Kier alpha value is -2.68. The Morgan fingerprint density at radius 1 is 0.957 bits per heavy atom. The van der Waals surface area contributed by atoms with Crippen molar-refractivity contribution in [2.75, 3.05) is 5.32 Å². The van der Waals surface area contributed by atoms with Crippen LogP contribution in [0.5, 0.6) is 0 Å². The molecule has 0 unspecified atom stereocenters. The SMILES string of the molecule is Cc1cc(C)c(NC(=O)c2cc(C)nc3ccccc23)c(C)c1. The number of amides is 1. The smallest absolute Gasteiger partial charge is 0.256 e. The van der Waals surface area contributed by atoms with E-state index in [4.69, 9.17) is 0 Å². The van der Waals surface area contributed by atoms with E-state index in [0.29, 0.717) is 5.56 Å². The van der Waals surface area contributed by atoms with E-state index in [1.54, 1.807) is 0 Å². The number of fused-ring (bicyclic) bond motifs is 1. The zero-order valence-corrected chi connectivity index (χ0v) is 13.9. The Balaban J connectivity index is 2.05. The second-order valence-electron chi connectivity index (χ2n) is 6.06. The summed E-state index contributed by atoms with van der Waals surface area (Å²) in [7, 11) is 0. The molecule has 0 atom stereocenters. The number of nitrogens with zero attached hydrogens (tertiary/aromatic N) is 1. The number of hydrogen-bond acceptors (Lipinski definition) is 2. The lowest BCUT2D eigenvalue weighted by Crippen LogP contribution is -2.15. The number of pyridine rings is 1. The van der Waals surface area contributed by atoms with Crippen LogP contribution in [0.4, 0.5) is 5.69 Å². The van der Waals surface area contributed by atoms with Gasteiger partial charge in [-0.25, -0.2) is 0 Å². The van der Waals surface area contributed by atoms with Crippen molar-refractivity contribution in [3.63, 3.8) is 0 Å². The fourth-order valence-electron chi connectivity index (χ4n) is 3.05. The monoisotopic (exact) mass is 304 g/mol. The first-order valence-electron chi connectivity index (χ1n) is 7.71. The molecule has 0 bridgehead atoms. The second-order valence-corrected chi connectivity index (χ2v) is 6.06. The zero-order valence-electron chi connectivity index (χ0n) is 13.9. The van der Waals surface area contributed by atoms with E-state index in [1.165, 1.54) is 5.56 Å².